The van der Waals surface area contributed by atoms with Gasteiger partial charge in [-0.1, -0.05) is 18.2 Å². The summed E-state index contributed by atoms with van der Waals surface area (Å²) in [6.07, 6.45) is 2.53. The Kier molecular flexibility index (Phi) is 5.84. The van der Waals surface area contributed by atoms with Crippen LogP contribution in [-0.2, 0) is 0 Å². The van der Waals surface area contributed by atoms with Gasteiger partial charge in [0.1, 0.15) is 11.4 Å². The Morgan fingerprint density at radius 1 is 1.14 bits per heavy atom. The predicted molar refractivity (Wildman–Crippen MR) is 108 cm³/mol. The van der Waals surface area contributed by atoms with Gasteiger partial charge in [0, 0.05) is 38.8 Å². The lowest BCUT2D eigenvalue weighted by atomic mass is 10.2. The molecule has 1 fully saturated rings. The highest BCUT2D eigenvalue weighted by molar-refractivity contribution is 5.94. The number of amides is 1. The minimum Gasteiger partial charge on any atom is -0.463 e. The van der Waals surface area contributed by atoms with Crippen LogP contribution in [0.15, 0.2) is 59.2 Å². The number of nitrogens with one attached hydrogen (secondary N) is 2. The lowest BCUT2D eigenvalue weighted by molar-refractivity contribution is 0.0943. The van der Waals surface area contributed by atoms with Crippen molar-refractivity contribution in [2.75, 3.05) is 39.3 Å². The highest BCUT2D eigenvalue weighted by atomic mass is 16.3. The van der Waals surface area contributed by atoms with Gasteiger partial charge in [-0.3, -0.25) is 4.79 Å². The van der Waals surface area contributed by atoms with Crippen LogP contribution in [0.5, 0.6) is 0 Å². The van der Waals surface area contributed by atoms with Crippen molar-refractivity contribution < 1.29 is 9.21 Å². The molecule has 3 heterocycles. The van der Waals surface area contributed by atoms with Gasteiger partial charge in [0.15, 0.2) is 5.76 Å². The maximum Gasteiger partial charge on any atom is 0.270 e. The zero-order chi connectivity index (χ0) is 19.2. The number of aromatic nitrogens is 2. The fourth-order valence-electron chi connectivity index (χ4n) is 3.38. The number of para-hydroxylation sites is 1. The summed E-state index contributed by atoms with van der Waals surface area (Å²) in [7, 11) is 0. The highest BCUT2D eigenvalue weighted by Gasteiger charge is 2.18. The molecule has 0 saturated carbocycles. The summed E-state index contributed by atoms with van der Waals surface area (Å²) >= 11 is 0. The number of nitrogens with zero attached hydrogens (tertiary/aromatic N) is 3. The fraction of sp³-hybridized carbons (Fsp3) is 0.333. The third kappa shape index (κ3) is 4.32. The molecule has 0 aliphatic carbocycles. The standard InChI is InChI=1S/C21H25N5O2/c27-21(23-9-5-12-25-13-10-22-11-14-25)19-16-18(20-8-4-15-28-20)24-26(19)17-6-2-1-3-7-17/h1-4,6-8,15-16,22H,5,9-14H2,(H,23,27). The van der Waals surface area contributed by atoms with Crippen LogP contribution in [0.25, 0.3) is 17.1 Å². The lowest BCUT2D eigenvalue weighted by Gasteiger charge is -2.27. The maximum atomic E-state index is 12.8. The largest absolute Gasteiger partial charge is 0.463 e. The minimum absolute atomic E-state index is 0.130. The third-order valence-electron chi connectivity index (χ3n) is 4.86. The van der Waals surface area contributed by atoms with E-state index in [1.54, 1.807) is 17.0 Å². The van der Waals surface area contributed by atoms with E-state index in [-0.39, 0.29) is 5.91 Å². The van der Waals surface area contributed by atoms with Crippen molar-refractivity contribution in [3.05, 3.63) is 60.5 Å². The fourth-order valence-corrected chi connectivity index (χ4v) is 3.38. The average Bonchev–Trinajstić information content (AvgIpc) is 3.42. The van der Waals surface area contributed by atoms with Crippen molar-refractivity contribution in [2.24, 2.45) is 0 Å². The van der Waals surface area contributed by atoms with E-state index in [2.05, 4.69) is 20.6 Å². The summed E-state index contributed by atoms with van der Waals surface area (Å²) in [4.78, 5) is 15.3. The number of hydrogen-bond donors (Lipinski definition) is 2. The van der Waals surface area contributed by atoms with Gasteiger partial charge in [-0.05, 0) is 37.2 Å². The zero-order valence-electron chi connectivity index (χ0n) is 15.8. The van der Waals surface area contributed by atoms with Gasteiger partial charge >= 0.3 is 0 Å². The Morgan fingerprint density at radius 3 is 2.71 bits per heavy atom. The van der Waals surface area contributed by atoms with E-state index in [0.717, 1.165) is 44.8 Å². The molecular weight excluding hydrogens is 354 g/mol. The summed E-state index contributed by atoms with van der Waals surface area (Å²) < 4.78 is 7.12. The van der Waals surface area contributed by atoms with Gasteiger partial charge in [0.2, 0.25) is 0 Å². The van der Waals surface area contributed by atoms with Crippen molar-refractivity contribution in [2.45, 2.75) is 6.42 Å². The van der Waals surface area contributed by atoms with E-state index < -0.39 is 0 Å². The first-order valence-corrected chi connectivity index (χ1v) is 9.72. The van der Waals surface area contributed by atoms with Crippen molar-refractivity contribution in [3.63, 3.8) is 0 Å². The van der Waals surface area contributed by atoms with Crippen LogP contribution >= 0.6 is 0 Å². The molecule has 1 aromatic carbocycles. The maximum absolute atomic E-state index is 12.8. The smallest absolute Gasteiger partial charge is 0.270 e. The molecule has 0 atom stereocenters. The second kappa shape index (κ2) is 8.86. The van der Waals surface area contributed by atoms with Crippen LogP contribution in [0.3, 0.4) is 0 Å². The monoisotopic (exact) mass is 379 g/mol. The minimum atomic E-state index is -0.130. The van der Waals surface area contributed by atoms with Crippen LogP contribution in [0.1, 0.15) is 16.9 Å². The number of carbonyl (C=O) groups excluding carboxylic acids is 1. The third-order valence-corrected chi connectivity index (χ3v) is 4.86. The first kappa shape index (κ1) is 18.5. The summed E-state index contributed by atoms with van der Waals surface area (Å²) in [6.45, 7) is 5.86. The Bertz CT molecular complexity index is 883. The van der Waals surface area contributed by atoms with E-state index in [9.17, 15) is 4.79 Å². The van der Waals surface area contributed by atoms with Crippen molar-refractivity contribution in [1.29, 1.82) is 0 Å². The van der Waals surface area contributed by atoms with E-state index in [1.807, 2.05) is 42.5 Å². The molecule has 146 valence electrons. The molecule has 0 unspecified atom stereocenters. The summed E-state index contributed by atoms with van der Waals surface area (Å²) in [5.74, 6) is 0.511. The second-order valence-corrected chi connectivity index (χ2v) is 6.84. The summed E-state index contributed by atoms with van der Waals surface area (Å²) in [5, 5.41) is 11.0. The van der Waals surface area contributed by atoms with Gasteiger partial charge in [0.05, 0.1) is 12.0 Å². The van der Waals surface area contributed by atoms with E-state index in [1.165, 1.54) is 0 Å². The van der Waals surface area contributed by atoms with Crippen LogP contribution < -0.4 is 10.6 Å². The number of carbonyl (C=O) groups is 1. The molecule has 1 amide bonds. The van der Waals surface area contributed by atoms with E-state index in [4.69, 9.17) is 4.42 Å². The van der Waals surface area contributed by atoms with Gasteiger partial charge in [-0.2, -0.15) is 5.10 Å². The zero-order valence-corrected chi connectivity index (χ0v) is 15.8. The van der Waals surface area contributed by atoms with Gasteiger partial charge in [-0.15, -0.1) is 0 Å². The van der Waals surface area contributed by atoms with Gasteiger partial charge < -0.3 is 20.0 Å². The molecule has 7 nitrogen and oxygen atoms in total. The normalized spacial score (nSPS) is 14.9. The molecule has 1 aliphatic heterocycles. The van der Waals surface area contributed by atoms with Gasteiger partial charge in [-0.25, -0.2) is 4.68 Å². The topological polar surface area (TPSA) is 75.3 Å². The molecule has 2 aromatic heterocycles. The lowest BCUT2D eigenvalue weighted by Crippen LogP contribution is -2.44. The molecular formula is C21H25N5O2. The number of rotatable bonds is 7. The first-order chi connectivity index (χ1) is 13.8. The SMILES string of the molecule is O=C(NCCCN1CCNCC1)c1cc(-c2ccco2)nn1-c1ccccc1. The van der Waals surface area contributed by atoms with Crippen molar-refractivity contribution >= 4 is 5.91 Å². The molecule has 0 spiro atoms. The van der Waals surface area contributed by atoms with E-state index >= 15 is 0 Å². The Hall–Kier alpha value is -2.90. The second-order valence-electron chi connectivity index (χ2n) is 6.84. The van der Waals surface area contributed by atoms with Crippen molar-refractivity contribution in [1.82, 2.24) is 25.3 Å². The molecule has 0 radical (unpaired) electrons. The highest BCUT2D eigenvalue weighted by Crippen LogP contribution is 2.22. The molecule has 4 rings (SSSR count). The number of hydrogen-bond acceptors (Lipinski definition) is 5. The van der Waals surface area contributed by atoms with Crippen molar-refractivity contribution in [3.8, 4) is 17.1 Å². The molecule has 0 bridgehead atoms. The Labute approximate surface area is 164 Å². The average molecular weight is 379 g/mol. The Balaban J connectivity index is 1.45. The molecule has 1 aliphatic rings. The number of furan rings is 1. The molecule has 3 aromatic rings. The molecule has 2 N–H and O–H groups in total. The first-order valence-electron chi connectivity index (χ1n) is 9.72. The summed E-state index contributed by atoms with van der Waals surface area (Å²) in [5.41, 5.74) is 1.98. The van der Waals surface area contributed by atoms with Gasteiger partial charge in [0.25, 0.3) is 5.91 Å². The van der Waals surface area contributed by atoms with Crippen LogP contribution in [-0.4, -0.2) is 59.9 Å². The molecule has 28 heavy (non-hydrogen) atoms. The summed E-state index contributed by atoms with van der Waals surface area (Å²) in [6, 6.07) is 15.1. The van der Waals surface area contributed by atoms with Crippen LogP contribution in [0, 0.1) is 0 Å². The quantitative estimate of drug-likeness (QED) is 0.616. The van der Waals surface area contributed by atoms with Crippen LogP contribution in [0.4, 0.5) is 0 Å². The predicted octanol–water partition coefficient (Wildman–Crippen LogP) is 2.16. The van der Waals surface area contributed by atoms with Crippen LogP contribution in [0.2, 0.25) is 0 Å². The number of benzene rings is 1. The number of piperazine rings is 1. The molecule has 7 heteroatoms. The molecule has 1 saturated heterocycles. The Morgan fingerprint density at radius 2 is 1.96 bits per heavy atom. The van der Waals surface area contributed by atoms with E-state index in [0.29, 0.717) is 23.7 Å².